The molecule has 0 aromatic heterocycles. The van der Waals surface area contributed by atoms with Gasteiger partial charge in [-0.25, -0.2) is 4.79 Å². The van der Waals surface area contributed by atoms with Gasteiger partial charge in [-0.05, 0) is 12.8 Å². The average molecular weight is 315 g/mol. The molecule has 1 unspecified atom stereocenters. The number of unbranched alkanes of at least 4 members (excludes halogenated alkanes) is 12. The van der Waals surface area contributed by atoms with Crippen LogP contribution in [0, 0.1) is 0 Å². The molecule has 0 amide bonds. The van der Waals surface area contributed by atoms with E-state index >= 15 is 0 Å². The topological polar surface area (TPSA) is 72.5 Å². The Bertz CT molecular complexity index is 246. The van der Waals surface area contributed by atoms with Crippen molar-refractivity contribution in [1.29, 1.82) is 0 Å². The fourth-order valence-electron chi connectivity index (χ4n) is 2.76. The van der Waals surface area contributed by atoms with E-state index < -0.39 is 6.16 Å². The highest BCUT2D eigenvalue weighted by Gasteiger charge is 2.10. The second-order valence-electron chi connectivity index (χ2n) is 6.27. The van der Waals surface area contributed by atoms with Gasteiger partial charge < -0.3 is 15.6 Å². The second-order valence-corrected chi connectivity index (χ2v) is 6.27. The third-order valence-electron chi connectivity index (χ3n) is 4.16. The molecule has 0 radical (unpaired) electrons. The predicted octanol–water partition coefficient (Wildman–Crippen LogP) is 5.49. The van der Waals surface area contributed by atoms with Crippen molar-refractivity contribution in [2.24, 2.45) is 5.73 Å². The zero-order valence-corrected chi connectivity index (χ0v) is 14.5. The van der Waals surface area contributed by atoms with Crippen LogP contribution in [0.5, 0.6) is 0 Å². The molecular formula is C18H37NO3. The number of hydrogen-bond donors (Lipinski definition) is 2. The first-order chi connectivity index (χ1) is 10.7. The van der Waals surface area contributed by atoms with Gasteiger partial charge in [0.25, 0.3) is 0 Å². The summed E-state index contributed by atoms with van der Waals surface area (Å²) in [6, 6.07) is 0. The summed E-state index contributed by atoms with van der Waals surface area (Å²) in [5.41, 5.74) is 5.48. The molecule has 0 saturated heterocycles. The number of hydrogen-bond acceptors (Lipinski definition) is 3. The third-order valence-corrected chi connectivity index (χ3v) is 4.16. The molecule has 0 spiro atoms. The van der Waals surface area contributed by atoms with Crippen molar-refractivity contribution in [3.8, 4) is 0 Å². The lowest BCUT2D eigenvalue weighted by Gasteiger charge is -2.13. The van der Waals surface area contributed by atoms with Crippen LogP contribution in [-0.4, -0.2) is 23.9 Å². The van der Waals surface area contributed by atoms with Gasteiger partial charge in [-0.15, -0.1) is 0 Å². The highest BCUT2D eigenvalue weighted by atomic mass is 16.7. The summed E-state index contributed by atoms with van der Waals surface area (Å²) in [7, 11) is 0. The first-order valence-corrected chi connectivity index (χ1v) is 9.30. The normalized spacial score (nSPS) is 12.3. The quantitative estimate of drug-likeness (QED) is 0.292. The molecule has 0 rings (SSSR count). The summed E-state index contributed by atoms with van der Waals surface area (Å²) < 4.78 is 4.70. The van der Waals surface area contributed by atoms with Crippen LogP contribution in [0.4, 0.5) is 4.79 Å². The van der Waals surface area contributed by atoms with Crippen molar-refractivity contribution in [2.45, 2.75) is 103 Å². The van der Waals surface area contributed by atoms with E-state index in [1.54, 1.807) is 0 Å². The number of rotatable bonds is 16. The van der Waals surface area contributed by atoms with Crippen LogP contribution in [0.1, 0.15) is 96.8 Å². The number of ether oxygens (including phenoxy) is 1. The molecule has 0 aromatic carbocycles. The van der Waals surface area contributed by atoms with Crippen LogP contribution < -0.4 is 5.73 Å². The van der Waals surface area contributed by atoms with Gasteiger partial charge in [0.15, 0.2) is 0 Å². The molecule has 0 bridgehead atoms. The van der Waals surface area contributed by atoms with Crippen molar-refractivity contribution in [2.75, 3.05) is 6.54 Å². The highest BCUT2D eigenvalue weighted by Crippen LogP contribution is 2.13. The second kappa shape index (κ2) is 16.6. The van der Waals surface area contributed by atoms with E-state index in [-0.39, 0.29) is 12.6 Å². The first kappa shape index (κ1) is 21.2. The van der Waals surface area contributed by atoms with E-state index in [1.807, 2.05) is 0 Å². The highest BCUT2D eigenvalue weighted by molar-refractivity contribution is 5.57. The molecule has 4 heteroatoms. The maximum atomic E-state index is 10.4. The van der Waals surface area contributed by atoms with Gasteiger partial charge in [-0.1, -0.05) is 84.0 Å². The maximum absolute atomic E-state index is 10.4. The van der Waals surface area contributed by atoms with E-state index in [0.717, 1.165) is 19.3 Å². The Kier molecular flexibility index (Phi) is 16.0. The van der Waals surface area contributed by atoms with Crippen molar-refractivity contribution in [3.05, 3.63) is 0 Å². The molecule has 0 saturated carbocycles. The van der Waals surface area contributed by atoms with Gasteiger partial charge in [-0.3, -0.25) is 0 Å². The number of nitrogens with two attached hydrogens (primary N) is 1. The van der Waals surface area contributed by atoms with E-state index in [4.69, 9.17) is 15.6 Å². The monoisotopic (exact) mass is 315 g/mol. The largest absolute Gasteiger partial charge is 0.506 e. The fraction of sp³-hybridized carbons (Fsp3) is 0.944. The van der Waals surface area contributed by atoms with E-state index in [9.17, 15) is 4.79 Å². The lowest BCUT2D eigenvalue weighted by atomic mass is 10.0. The first-order valence-electron chi connectivity index (χ1n) is 9.30. The molecule has 132 valence electrons. The maximum Gasteiger partial charge on any atom is 0.506 e. The Morgan fingerprint density at radius 2 is 1.27 bits per heavy atom. The van der Waals surface area contributed by atoms with Gasteiger partial charge in [0.05, 0.1) is 0 Å². The molecule has 3 N–H and O–H groups in total. The van der Waals surface area contributed by atoms with Crippen LogP contribution in [0.2, 0.25) is 0 Å². The lowest BCUT2D eigenvalue weighted by Crippen LogP contribution is -2.25. The fourth-order valence-corrected chi connectivity index (χ4v) is 2.76. The van der Waals surface area contributed by atoms with Crippen molar-refractivity contribution < 1.29 is 14.6 Å². The zero-order valence-electron chi connectivity index (χ0n) is 14.5. The summed E-state index contributed by atoms with van der Waals surface area (Å²) in [4.78, 5) is 10.4. The summed E-state index contributed by atoms with van der Waals surface area (Å²) >= 11 is 0. The minimum absolute atomic E-state index is 0.282. The van der Waals surface area contributed by atoms with Crippen LogP contribution >= 0.6 is 0 Å². The van der Waals surface area contributed by atoms with Crippen LogP contribution in [0.25, 0.3) is 0 Å². The number of carboxylic acid groups (broad SMARTS) is 1. The third kappa shape index (κ3) is 15.6. The summed E-state index contributed by atoms with van der Waals surface area (Å²) in [6.45, 7) is 2.54. The molecule has 0 aliphatic heterocycles. The molecule has 0 aliphatic carbocycles. The van der Waals surface area contributed by atoms with Crippen molar-refractivity contribution in [3.63, 3.8) is 0 Å². The van der Waals surface area contributed by atoms with Gasteiger partial charge >= 0.3 is 6.16 Å². The van der Waals surface area contributed by atoms with Gasteiger partial charge in [0.1, 0.15) is 6.10 Å². The van der Waals surface area contributed by atoms with Crippen LogP contribution in [-0.2, 0) is 4.74 Å². The smallest absolute Gasteiger partial charge is 0.450 e. The van der Waals surface area contributed by atoms with Crippen molar-refractivity contribution >= 4 is 6.16 Å². The SMILES string of the molecule is CCCCCCCCCCCCCCCC(CN)OC(=O)O. The molecule has 0 aromatic rings. The van der Waals surface area contributed by atoms with Crippen molar-refractivity contribution in [1.82, 2.24) is 0 Å². The standard InChI is InChI=1S/C18H37NO3/c1-2-3-4-5-6-7-8-9-10-11-12-13-14-15-17(16-19)22-18(20)21/h17H,2-16,19H2,1H3,(H,20,21). The Morgan fingerprint density at radius 1 is 0.864 bits per heavy atom. The molecule has 1 atom stereocenters. The Balaban J connectivity index is 3.18. The summed E-state index contributed by atoms with van der Waals surface area (Å²) in [6.07, 6.45) is 16.3. The lowest BCUT2D eigenvalue weighted by molar-refractivity contribution is 0.0506. The predicted molar refractivity (Wildman–Crippen MR) is 92.3 cm³/mol. The summed E-state index contributed by atoms with van der Waals surface area (Å²) in [5.74, 6) is 0. The minimum Gasteiger partial charge on any atom is -0.450 e. The van der Waals surface area contributed by atoms with Gasteiger partial charge in [0.2, 0.25) is 0 Å². The molecular weight excluding hydrogens is 278 g/mol. The molecule has 0 fully saturated rings. The average Bonchev–Trinajstić information content (AvgIpc) is 2.50. The Hall–Kier alpha value is -0.770. The molecule has 0 heterocycles. The van der Waals surface area contributed by atoms with Gasteiger partial charge in [0, 0.05) is 6.54 Å². The van der Waals surface area contributed by atoms with Crippen LogP contribution in [0.3, 0.4) is 0 Å². The van der Waals surface area contributed by atoms with Crippen LogP contribution in [0.15, 0.2) is 0 Å². The summed E-state index contributed by atoms with van der Waals surface area (Å²) in [5, 5.41) is 8.54. The molecule has 0 aliphatic rings. The Morgan fingerprint density at radius 3 is 1.64 bits per heavy atom. The minimum atomic E-state index is -1.22. The number of carbonyl (C=O) groups is 1. The molecule has 22 heavy (non-hydrogen) atoms. The van der Waals surface area contributed by atoms with E-state index in [0.29, 0.717) is 0 Å². The molecule has 4 nitrogen and oxygen atoms in total. The van der Waals surface area contributed by atoms with Gasteiger partial charge in [-0.2, -0.15) is 0 Å². The Labute approximate surface area is 136 Å². The van der Waals surface area contributed by atoms with E-state index in [2.05, 4.69) is 6.92 Å². The van der Waals surface area contributed by atoms with E-state index in [1.165, 1.54) is 70.6 Å². The zero-order chi connectivity index (χ0) is 16.5.